The number of ether oxygens (including phenoxy) is 1. The number of aromatic nitrogens is 1. The Bertz CT molecular complexity index is 685. The van der Waals surface area contributed by atoms with E-state index in [4.69, 9.17) is 4.74 Å². The van der Waals surface area contributed by atoms with E-state index in [1.807, 2.05) is 18.2 Å². The van der Waals surface area contributed by atoms with E-state index in [-0.39, 0.29) is 5.91 Å². The first-order valence-corrected chi connectivity index (χ1v) is 8.26. The van der Waals surface area contributed by atoms with Crippen molar-refractivity contribution < 1.29 is 9.53 Å². The van der Waals surface area contributed by atoms with Crippen molar-refractivity contribution in [3.8, 4) is 5.75 Å². The molecule has 5 heteroatoms. The van der Waals surface area contributed by atoms with E-state index in [2.05, 4.69) is 23.4 Å². The zero-order valence-electron chi connectivity index (χ0n) is 12.9. The van der Waals surface area contributed by atoms with Gasteiger partial charge < -0.3 is 9.30 Å². The van der Waals surface area contributed by atoms with Crippen LogP contribution in [0, 0.1) is 0 Å². The number of para-hydroxylation sites is 1. The van der Waals surface area contributed by atoms with Crippen LogP contribution in [0.2, 0.25) is 0 Å². The van der Waals surface area contributed by atoms with Crippen LogP contribution in [-0.4, -0.2) is 17.6 Å². The molecular weight excluding hydrogens is 284 g/mol. The Balaban J connectivity index is 2.55. The third-order valence-electron chi connectivity index (χ3n) is 3.30. The zero-order valence-corrected chi connectivity index (χ0v) is 13.7. The molecule has 114 valence electrons. The third-order valence-corrected chi connectivity index (χ3v) is 4.34. The molecule has 0 spiro atoms. The van der Waals surface area contributed by atoms with Gasteiger partial charge in [-0.25, -0.2) is 0 Å². The average Bonchev–Trinajstić information content (AvgIpc) is 2.83. The highest BCUT2D eigenvalue weighted by Crippen LogP contribution is 2.27. The van der Waals surface area contributed by atoms with Crippen LogP contribution in [0.3, 0.4) is 0 Å². The fraction of sp³-hybridized carbons (Fsp3) is 0.500. The number of hydrogen-bond acceptors (Lipinski definition) is 3. The Morgan fingerprint density at radius 2 is 2.14 bits per heavy atom. The van der Waals surface area contributed by atoms with Gasteiger partial charge in [-0.1, -0.05) is 37.7 Å². The smallest absolute Gasteiger partial charge is 0.248 e. The summed E-state index contributed by atoms with van der Waals surface area (Å²) >= 11 is 1.55. The highest BCUT2D eigenvalue weighted by molar-refractivity contribution is 7.16. The van der Waals surface area contributed by atoms with E-state index < -0.39 is 0 Å². The summed E-state index contributed by atoms with van der Waals surface area (Å²) in [6, 6.07) is 5.96. The first-order chi connectivity index (χ1) is 10.2. The van der Waals surface area contributed by atoms with Gasteiger partial charge in [0.05, 0.1) is 11.8 Å². The van der Waals surface area contributed by atoms with Crippen molar-refractivity contribution in [1.82, 2.24) is 4.57 Å². The summed E-state index contributed by atoms with van der Waals surface area (Å²) in [5.41, 5.74) is 1.04. The van der Waals surface area contributed by atoms with Gasteiger partial charge >= 0.3 is 0 Å². The number of hydrogen-bond donors (Lipinski definition) is 0. The summed E-state index contributed by atoms with van der Waals surface area (Å²) in [4.78, 5) is 17.0. The lowest BCUT2D eigenvalue weighted by atomic mass is 10.2. The minimum Gasteiger partial charge on any atom is -0.495 e. The molecule has 0 unspecified atom stereocenters. The summed E-state index contributed by atoms with van der Waals surface area (Å²) in [6.45, 7) is 5.03. The summed E-state index contributed by atoms with van der Waals surface area (Å²) in [6.07, 6.45) is 3.41. The molecule has 21 heavy (non-hydrogen) atoms. The van der Waals surface area contributed by atoms with Gasteiger partial charge in [-0.05, 0) is 25.0 Å². The van der Waals surface area contributed by atoms with E-state index in [1.54, 1.807) is 18.4 Å². The van der Waals surface area contributed by atoms with Crippen LogP contribution in [0.1, 0.15) is 39.5 Å². The monoisotopic (exact) mass is 306 g/mol. The van der Waals surface area contributed by atoms with Gasteiger partial charge in [-0.3, -0.25) is 4.79 Å². The normalized spacial score (nSPS) is 12.0. The number of carbonyl (C=O) groups excluding carboxylic acids is 1. The van der Waals surface area contributed by atoms with Crippen molar-refractivity contribution in [2.75, 3.05) is 7.11 Å². The van der Waals surface area contributed by atoms with Gasteiger partial charge in [-0.2, -0.15) is 4.99 Å². The minimum atomic E-state index is -0.0350. The van der Waals surface area contributed by atoms with Gasteiger partial charge in [0.1, 0.15) is 11.3 Å². The Hall–Kier alpha value is -1.62. The van der Waals surface area contributed by atoms with E-state index in [9.17, 15) is 4.79 Å². The molecule has 0 aliphatic carbocycles. The first-order valence-electron chi connectivity index (χ1n) is 7.45. The number of aryl methyl sites for hydroxylation is 1. The van der Waals surface area contributed by atoms with Crippen LogP contribution in [0.4, 0.5) is 0 Å². The molecule has 0 saturated heterocycles. The number of thiazole rings is 1. The predicted molar refractivity (Wildman–Crippen MR) is 86.8 cm³/mol. The SMILES string of the molecule is CCCCC(=O)N=c1sc2cccc(OC)c2n1CCC. The van der Waals surface area contributed by atoms with Crippen molar-refractivity contribution in [2.45, 2.75) is 46.1 Å². The molecule has 2 aromatic rings. The second kappa shape index (κ2) is 7.41. The van der Waals surface area contributed by atoms with Crippen LogP contribution < -0.4 is 9.54 Å². The Kier molecular flexibility index (Phi) is 5.56. The predicted octanol–water partition coefficient (Wildman–Crippen LogP) is 3.74. The molecule has 0 atom stereocenters. The molecule has 0 aliphatic rings. The fourth-order valence-corrected chi connectivity index (χ4v) is 3.36. The molecule has 4 nitrogen and oxygen atoms in total. The van der Waals surface area contributed by atoms with Gasteiger partial charge in [0.25, 0.3) is 0 Å². The van der Waals surface area contributed by atoms with Crippen LogP contribution in [0.5, 0.6) is 5.75 Å². The Morgan fingerprint density at radius 1 is 1.33 bits per heavy atom. The molecule has 2 rings (SSSR count). The van der Waals surface area contributed by atoms with Gasteiger partial charge in [0.2, 0.25) is 5.91 Å². The number of rotatable bonds is 6. The number of fused-ring (bicyclic) bond motifs is 1. The molecule has 0 aliphatic heterocycles. The van der Waals surface area contributed by atoms with Crippen LogP contribution in [0.25, 0.3) is 10.2 Å². The number of benzene rings is 1. The molecule has 1 amide bonds. The number of nitrogens with zero attached hydrogens (tertiary/aromatic N) is 2. The molecule has 0 radical (unpaired) electrons. The van der Waals surface area contributed by atoms with Crippen LogP contribution >= 0.6 is 11.3 Å². The highest BCUT2D eigenvalue weighted by Gasteiger charge is 2.11. The van der Waals surface area contributed by atoms with E-state index >= 15 is 0 Å². The lowest BCUT2D eigenvalue weighted by Crippen LogP contribution is -2.17. The number of methoxy groups -OCH3 is 1. The van der Waals surface area contributed by atoms with Gasteiger partial charge in [-0.15, -0.1) is 0 Å². The van der Waals surface area contributed by atoms with Crippen LogP contribution in [0.15, 0.2) is 23.2 Å². The number of unbranched alkanes of at least 4 members (excludes halogenated alkanes) is 1. The van der Waals surface area contributed by atoms with Crippen molar-refractivity contribution in [2.24, 2.45) is 4.99 Å². The maximum absolute atomic E-state index is 12.0. The topological polar surface area (TPSA) is 43.6 Å². The largest absolute Gasteiger partial charge is 0.495 e. The maximum Gasteiger partial charge on any atom is 0.248 e. The molecule has 1 heterocycles. The third kappa shape index (κ3) is 3.53. The minimum absolute atomic E-state index is 0.0350. The standard InChI is InChI=1S/C16H22N2O2S/c1-4-6-10-14(19)17-16-18(11-5-2)15-12(20-3)8-7-9-13(15)21-16/h7-9H,4-6,10-11H2,1-3H3. The fourth-order valence-electron chi connectivity index (χ4n) is 2.27. The first kappa shape index (κ1) is 15.8. The second-order valence-corrected chi connectivity index (χ2v) is 5.96. The highest BCUT2D eigenvalue weighted by atomic mass is 32.1. The van der Waals surface area contributed by atoms with Crippen molar-refractivity contribution in [1.29, 1.82) is 0 Å². The number of carbonyl (C=O) groups is 1. The molecule has 0 saturated carbocycles. The summed E-state index contributed by atoms with van der Waals surface area (Å²) in [5.74, 6) is 0.798. The average molecular weight is 306 g/mol. The lowest BCUT2D eigenvalue weighted by molar-refractivity contribution is -0.118. The summed E-state index contributed by atoms with van der Waals surface area (Å²) < 4.78 is 8.66. The van der Waals surface area contributed by atoms with Gasteiger partial charge in [0, 0.05) is 13.0 Å². The molecular formula is C16H22N2O2S. The summed E-state index contributed by atoms with van der Waals surface area (Å²) in [5, 5.41) is 0. The quantitative estimate of drug-likeness (QED) is 0.816. The molecule has 0 N–H and O–H groups in total. The van der Waals surface area contributed by atoms with Gasteiger partial charge in [0.15, 0.2) is 4.80 Å². The second-order valence-electron chi connectivity index (χ2n) is 4.95. The lowest BCUT2D eigenvalue weighted by Gasteiger charge is -2.06. The molecule has 0 fully saturated rings. The van der Waals surface area contributed by atoms with Crippen LogP contribution in [-0.2, 0) is 11.3 Å². The van der Waals surface area contributed by atoms with E-state index in [0.29, 0.717) is 6.42 Å². The maximum atomic E-state index is 12.0. The molecule has 0 bridgehead atoms. The Labute approximate surface area is 129 Å². The summed E-state index contributed by atoms with van der Waals surface area (Å²) in [7, 11) is 1.67. The van der Waals surface area contributed by atoms with Crippen molar-refractivity contribution in [3.63, 3.8) is 0 Å². The van der Waals surface area contributed by atoms with Crippen molar-refractivity contribution in [3.05, 3.63) is 23.0 Å². The Morgan fingerprint density at radius 3 is 2.81 bits per heavy atom. The molecule has 1 aromatic carbocycles. The van der Waals surface area contributed by atoms with E-state index in [1.165, 1.54) is 0 Å². The zero-order chi connectivity index (χ0) is 15.2. The molecule has 1 aromatic heterocycles. The number of amides is 1. The van der Waals surface area contributed by atoms with E-state index in [0.717, 1.165) is 46.6 Å². The van der Waals surface area contributed by atoms with Crippen molar-refractivity contribution >= 4 is 27.5 Å².